The summed E-state index contributed by atoms with van der Waals surface area (Å²) in [5, 5.41) is 5.21. The highest BCUT2D eigenvalue weighted by Crippen LogP contribution is 2.31. The average molecular weight is 206 g/mol. The number of hydrogen-bond acceptors (Lipinski definition) is 3. The fourth-order valence-electron chi connectivity index (χ4n) is 1.36. The van der Waals surface area contributed by atoms with Crippen molar-refractivity contribution >= 4 is 23.7 Å². The van der Waals surface area contributed by atoms with Crippen LogP contribution in [0.3, 0.4) is 0 Å². The summed E-state index contributed by atoms with van der Waals surface area (Å²) in [5.41, 5.74) is 1.25. The lowest BCUT2D eigenvalue weighted by Gasteiger charge is -2.23. The smallest absolute Gasteiger partial charge is 0.265 e. The highest BCUT2D eigenvalue weighted by atomic mass is 16.5. The molecule has 15 heavy (non-hydrogen) atoms. The molecule has 1 atom stereocenters. The Bertz CT molecular complexity index is 417. The Hall–Kier alpha value is -2.04. The average Bonchev–Trinajstić information content (AvgIpc) is 2.21. The molecule has 2 N–H and O–H groups in total. The van der Waals surface area contributed by atoms with Gasteiger partial charge in [0.1, 0.15) is 5.75 Å². The van der Waals surface area contributed by atoms with Gasteiger partial charge in [-0.15, -0.1) is 0 Å². The van der Waals surface area contributed by atoms with Gasteiger partial charge in [-0.25, -0.2) is 0 Å². The lowest BCUT2D eigenvalue weighted by molar-refractivity contribution is -0.122. The highest BCUT2D eigenvalue weighted by molar-refractivity contribution is 5.98. The van der Waals surface area contributed by atoms with E-state index in [4.69, 9.17) is 4.74 Å². The normalized spacial score (nSPS) is 18.5. The number of fused-ring (bicyclic) bond motifs is 1. The molecule has 78 valence electrons. The van der Waals surface area contributed by atoms with E-state index in [2.05, 4.69) is 10.6 Å². The lowest BCUT2D eigenvalue weighted by atomic mass is 10.2. The second-order valence-corrected chi connectivity index (χ2v) is 3.22. The van der Waals surface area contributed by atoms with E-state index in [1.165, 1.54) is 0 Å². The Morgan fingerprint density at radius 3 is 3.07 bits per heavy atom. The number of hydrogen-bond donors (Lipinski definition) is 2. The molecule has 0 spiro atoms. The molecule has 2 amide bonds. The molecule has 0 fully saturated rings. The van der Waals surface area contributed by atoms with Gasteiger partial charge >= 0.3 is 0 Å². The zero-order valence-electron chi connectivity index (χ0n) is 8.11. The van der Waals surface area contributed by atoms with Gasteiger partial charge in [0.05, 0.1) is 5.69 Å². The molecule has 1 aliphatic heterocycles. The van der Waals surface area contributed by atoms with Crippen LogP contribution in [-0.4, -0.2) is 18.4 Å². The maximum atomic E-state index is 11.3. The number of amides is 2. The first-order chi connectivity index (χ1) is 7.20. The minimum absolute atomic E-state index is 0.168. The van der Waals surface area contributed by atoms with Gasteiger partial charge in [-0.05, 0) is 19.1 Å². The zero-order valence-corrected chi connectivity index (χ0v) is 8.11. The monoisotopic (exact) mass is 206 g/mol. The fraction of sp³-hybridized carbons (Fsp3) is 0.200. The first-order valence-corrected chi connectivity index (χ1v) is 4.52. The van der Waals surface area contributed by atoms with Gasteiger partial charge in [0, 0.05) is 11.8 Å². The Morgan fingerprint density at radius 2 is 2.33 bits per heavy atom. The van der Waals surface area contributed by atoms with Crippen LogP contribution in [-0.2, 0) is 9.59 Å². The molecular weight excluding hydrogens is 196 g/mol. The van der Waals surface area contributed by atoms with E-state index in [1.54, 1.807) is 25.1 Å². The van der Waals surface area contributed by atoms with Gasteiger partial charge in [-0.2, -0.15) is 0 Å². The summed E-state index contributed by atoms with van der Waals surface area (Å²) in [5.74, 6) is 0.396. The van der Waals surface area contributed by atoms with E-state index in [0.717, 1.165) is 0 Å². The molecule has 1 aromatic rings. The predicted octanol–water partition coefficient (Wildman–Crippen LogP) is 0.974. The maximum absolute atomic E-state index is 11.3. The van der Waals surface area contributed by atoms with E-state index in [9.17, 15) is 9.59 Å². The molecule has 5 heteroatoms. The standard InChI is InChI=1S/C10H10N2O3/c1-6-10(14)12-8-3-2-7(11-5-13)4-9(8)15-6/h2-6H,1H3,(H,11,13)(H,12,14). The number of ether oxygens (including phenoxy) is 1. The molecule has 1 aliphatic rings. The van der Waals surface area contributed by atoms with Crippen molar-refractivity contribution in [3.8, 4) is 5.75 Å². The Labute approximate surface area is 86.4 Å². The number of rotatable bonds is 2. The Morgan fingerprint density at radius 1 is 1.53 bits per heavy atom. The molecule has 0 radical (unpaired) electrons. The van der Waals surface area contributed by atoms with Crippen molar-refractivity contribution in [1.29, 1.82) is 0 Å². The molecule has 0 aromatic heterocycles. The largest absolute Gasteiger partial charge is 0.479 e. The highest BCUT2D eigenvalue weighted by Gasteiger charge is 2.23. The molecule has 0 saturated heterocycles. The third kappa shape index (κ3) is 1.76. The second kappa shape index (κ2) is 3.61. The van der Waals surface area contributed by atoms with Gasteiger partial charge in [0.25, 0.3) is 5.91 Å². The summed E-state index contributed by atoms with van der Waals surface area (Å²) in [6, 6.07) is 5.04. The van der Waals surface area contributed by atoms with Crippen LogP contribution in [0.1, 0.15) is 6.92 Å². The van der Waals surface area contributed by atoms with Crippen molar-refractivity contribution in [3.05, 3.63) is 18.2 Å². The van der Waals surface area contributed by atoms with Gasteiger partial charge < -0.3 is 15.4 Å². The van der Waals surface area contributed by atoms with Crippen LogP contribution in [0.25, 0.3) is 0 Å². The molecule has 1 unspecified atom stereocenters. The number of carbonyl (C=O) groups excluding carboxylic acids is 2. The van der Waals surface area contributed by atoms with Crippen LogP contribution < -0.4 is 15.4 Å². The van der Waals surface area contributed by atoms with Crippen LogP contribution in [0.5, 0.6) is 5.75 Å². The molecule has 5 nitrogen and oxygen atoms in total. The summed E-state index contributed by atoms with van der Waals surface area (Å²) >= 11 is 0. The van der Waals surface area contributed by atoms with E-state index in [-0.39, 0.29) is 5.91 Å². The SMILES string of the molecule is CC1Oc2cc(NC=O)ccc2NC1=O. The van der Waals surface area contributed by atoms with E-state index in [0.29, 0.717) is 23.5 Å². The van der Waals surface area contributed by atoms with E-state index in [1.807, 2.05) is 0 Å². The van der Waals surface area contributed by atoms with Crippen LogP contribution in [0.4, 0.5) is 11.4 Å². The predicted molar refractivity (Wildman–Crippen MR) is 54.8 cm³/mol. The van der Waals surface area contributed by atoms with Gasteiger partial charge in [0.2, 0.25) is 6.41 Å². The molecular formula is C10H10N2O3. The zero-order chi connectivity index (χ0) is 10.8. The van der Waals surface area contributed by atoms with Crippen molar-refractivity contribution in [2.75, 3.05) is 10.6 Å². The Balaban J connectivity index is 2.32. The van der Waals surface area contributed by atoms with Crippen LogP contribution in [0.15, 0.2) is 18.2 Å². The van der Waals surface area contributed by atoms with Crippen LogP contribution in [0, 0.1) is 0 Å². The maximum Gasteiger partial charge on any atom is 0.265 e. The number of benzene rings is 1. The number of anilines is 2. The van der Waals surface area contributed by atoms with Crippen molar-refractivity contribution in [3.63, 3.8) is 0 Å². The van der Waals surface area contributed by atoms with E-state index >= 15 is 0 Å². The fourth-order valence-corrected chi connectivity index (χ4v) is 1.36. The van der Waals surface area contributed by atoms with Gasteiger partial charge in [0.15, 0.2) is 6.10 Å². The lowest BCUT2D eigenvalue weighted by Crippen LogP contribution is -2.34. The van der Waals surface area contributed by atoms with Crippen molar-refractivity contribution in [1.82, 2.24) is 0 Å². The molecule has 2 rings (SSSR count). The van der Waals surface area contributed by atoms with Crippen molar-refractivity contribution in [2.24, 2.45) is 0 Å². The molecule has 0 saturated carbocycles. The molecule has 0 bridgehead atoms. The minimum Gasteiger partial charge on any atom is -0.479 e. The number of carbonyl (C=O) groups is 2. The molecule has 1 heterocycles. The Kier molecular flexibility index (Phi) is 2.29. The van der Waals surface area contributed by atoms with E-state index < -0.39 is 6.10 Å². The van der Waals surface area contributed by atoms with Crippen LogP contribution >= 0.6 is 0 Å². The topological polar surface area (TPSA) is 67.4 Å². The third-order valence-corrected chi connectivity index (χ3v) is 2.14. The first-order valence-electron chi connectivity index (χ1n) is 4.52. The van der Waals surface area contributed by atoms with Gasteiger partial charge in [-0.1, -0.05) is 0 Å². The van der Waals surface area contributed by atoms with Crippen molar-refractivity contribution in [2.45, 2.75) is 13.0 Å². The third-order valence-electron chi connectivity index (χ3n) is 2.14. The quantitative estimate of drug-likeness (QED) is 0.708. The summed E-state index contributed by atoms with van der Waals surface area (Å²) in [6.07, 6.45) is 0.0796. The second-order valence-electron chi connectivity index (χ2n) is 3.22. The van der Waals surface area contributed by atoms with Gasteiger partial charge in [-0.3, -0.25) is 9.59 Å². The molecule has 0 aliphatic carbocycles. The summed E-state index contributed by atoms with van der Waals surface area (Å²) < 4.78 is 5.36. The van der Waals surface area contributed by atoms with Crippen molar-refractivity contribution < 1.29 is 14.3 Å². The number of nitrogens with one attached hydrogen (secondary N) is 2. The first kappa shape index (κ1) is 9.51. The summed E-state index contributed by atoms with van der Waals surface area (Å²) in [4.78, 5) is 21.5. The summed E-state index contributed by atoms with van der Waals surface area (Å²) in [7, 11) is 0. The molecule has 1 aromatic carbocycles. The van der Waals surface area contributed by atoms with Crippen LogP contribution in [0.2, 0.25) is 0 Å². The summed E-state index contributed by atoms with van der Waals surface area (Å²) in [6.45, 7) is 1.66. The minimum atomic E-state index is -0.510.